The van der Waals surface area contributed by atoms with Crippen LogP contribution in [0, 0.1) is 35.0 Å². The molecular formula is C12H14F5N2O2S+. The van der Waals surface area contributed by atoms with Crippen LogP contribution >= 0.6 is 0 Å². The minimum atomic E-state index is -4.84. The molecule has 1 atom stereocenters. The Morgan fingerprint density at radius 1 is 1.00 bits per heavy atom. The summed E-state index contributed by atoms with van der Waals surface area (Å²) in [7, 11) is -4.84. The molecule has 1 aliphatic rings. The summed E-state index contributed by atoms with van der Waals surface area (Å²) in [5.74, 6) is -11.8. The third-order valence-electron chi connectivity index (χ3n) is 3.52. The van der Waals surface area contributed by atoms with Crippen LogP contribution < -0.4 is 10.0 Å². The Hall–Kier alpha value is -1.26. The standard InChI is InChI=1S/C12H13F5N2O2S/c13-7-8(14)10(16)12(11(17)9(7)15)22(20,21)19-5-6-2-1-3-18-4-6/h6,18-19H,1-5H2/p+1/t6-/m0/s1. The number of hydrogen-bond acceptors (Lipinski definition) is 2. The van der Waals surface area contributed by atoms with E-state index in [1.807, 2.05) is 10.0 Å². The van der Waals surface area contributed by atoms with Crippen molar-refractivity contribution in [2.75, 3.05) is 19.6 Å². The lowest BCUT2D eigenvalue weighted by Gasteiger charge is -2.20. The molecule has 0 radical (unpaired) electrons. The van der Waals surface area contributed by atoms with Crippen molar-refractivity contribution in [3.8, 4) is 0 Å². The first-order chi connectivity index (χ1) is 10.3. The lowest BCUT2D eigenvalue weighted by molar-refractivity contribution is -0.668. The quantitative estimate of drug-likeness (QED) is 0.478. The van der Waals surface area contributed by atoms with Gasteiger partial charge in [0.2, 0.25) is 15.8 Å². The maximum atomic E-state index is 13.5. The molecule has 4 nitrogen and oxygen atoms in total. The zero-order chi connectivity index (χ0) is 16.5. The van der Waals surface area contributed by atoms with Gasteiger partial charge in [-0.2, -0.15) is 0 Å². The van der Waals surface area contributed by atoms with E-state index in [4.69, 9.17) is 0 Å². The molecule has 1 aromatic rings. The molecule has 2 rings (SSSR count). The molecule has 0 aliphatic carbocycles. The van der Waals surface area contributed by atoms with Crippen molar-refractivity contribution in [3.63, 3.8) is 0 Å². The SMILES string of the molecule is O=S(=O)(NC[C@H]1CCC[NH2+]C1)c1c(F)c(F)c(F)c(F)c1F. The van der Waals surface area contributed by atoms with E-state index in [0.717, 1.165) is 19.4 Å². The summed E-state index contributed by atoms with van der Waals surface area (Å²) < 4.78 is 91.8. The number of benzene rings is 1. The van der Waals surface area contributed by atoms with Gasteiger partial charge in [0.25, 0.3) is 0 Å². The van der Waals surface area contributed by atoms with Gasteiger partial charge in [0, 0.05) is 12.5 Å². The van der Waals surface area contributed by atoms with Crippen molar-refractivity contribution in [1.82, 2.24) is 4.72 Å². The van der Waals surface area contributed by atoms with E-state index < -0.39 is 44.0 Å². The number of piperidine rings is 1. The number of sulfonamides is 1. The molecule has 0 bridgehead atoms. The van der Waals surface area contributed by atoms with E-state index >= 15 is 0 Å². The second-order valence-electron chi connectivity index (χ2n) is 5.07. The molecule has 10 heteroatoms. The van der Waals surface area contributed by atoms with Crippen LogP contribution in [-0.2, 0) is 10.0 Å². The number of halogens is 5. The summed E-state index contributed by atoms with van der Waals surface area (Å²) in [6.07, 6.45) is 1.57. The van der Waals surface area contributed by atoms with Gasteiger partial charge in [-0.3, -0.25) is 0 Å². The number of hydrogen-bond donors (Lipinski definition) is 2. The van der Waals surface area contributed by atoms with Gasteiger partial charge in [0.05, 0.1) is 13.1 Å². The molecule has 0 amide bonds. The fourth-order valence-corrected chi connectivity index (χ4v) is 3.58. The van der Waals surface area contributed by atoms with E-state index in [1.54, 1.807) is 0 Å². The molecule has 22 heavy (non-hydrogen) atoms. The zero-order valence-electron chi connectivity index (χ0n) is 11.3. The molecule has 0 spiro atoms. The largest absolute Gasteiger partial charge is 0.346 e. The molecule has 124 valence electrons. The van der Waals surface area contributed by atoms with Crippen molar-refractivity contribution < 1.29 is 35.7 Å². The van der Waals surface area contributed by atoms with Gasteiger partial charge in [-0.1, -0.05) is 0 Å². The number of nitrogens with one attached hydrogen (secondary N) is 1. The van der Waals surface area contributed by atoms with Crippen LogP contribution in [0.4, 0.5) is 22.0 Å². The van der Waals surface area contributed by atoms with Crippen molar-refractivity contribution in [2.45, 2.75) is 17.7 Å². The van der Waals surface area contributed by atoms with Gasteiger partial charge in [-0.25, -0.2) is 35.1 Å². The van der Waals surface area contributed by atoms with Gasteiger partial charge in [0.15, 0.2) is 28.2 Å². The van der Waals surface area contributed by atoms with Crippen molar-refractivity contribution in [3.05, 3.63) is 29.1 Å². The minimum absolute atomic E-state index is 0.0650. The molecule has 1 aromatic carbocycles. The lowest BCUT2D eigenvalue weighted by Crippen LogP contribution is -2.87. The fourth-order valence-electron chi connectivity index (χ4n) is 2.33. The monoisotopic (exact) mass is 345 g/mol. The third kappa shape index (κ3) is 3.23. The first-order valence-electron chi connectivity index (χ1n) is 6.58. The average Bonchev–Trinajstić information content (AvgIpc) is 2.50. The van der Waals surface area contributed by atoms with Gasteiger partial charge in [-0.15, -0.1) is 0 Å². The summed E-state index contributed by atoms with van der Waals surface area (Å²) in [6.45, 7) is 1.40. The molecule has 0 saturated carbocycles. The molecule has 0 aromatic heterocycles. The first-order valence-corrected chi connectivity index (χ1v) is 8.06. The molecule has 0 unspecified atom stereocenters. The van der Waals surface area contributed by atoms with Crippen LogP contribution in [-0.4, -0.2) is 28.1 Å². The Balaban J connectivity index is 2.29. The molecule has 1 saturated heterocycles. The van der Waals surface area contributed by atoms with Crippen LogP contribution in [0.25, 0.3) is 0 Å². The molecule has 3 N–H and O–H groups in total. The van der Waals surface area contributed by atoms with E-state index in [9.17, 15) is 30.4 Å². The van der Waals surface area contributed by atoms with Crippen molar-refractivity contribution in [1.29, 1.82) is 0 Å². The van der Waals surface area contributed by atoms with Crippen LogP contribution in [0.3, 0.4) is 0 Å². The number of quaternary nitrogens is 1. The summed E-state index contributed by atoms with van der Waals surface area (Å²) in [6, 6.07) is 0. The topological polar surface area (TPSA) is 62.8 Å². The summed E-state index contributed by atoms with van der Waals surface area (Å²) in [5.41, 5.74) is 0. The average molecular weight is 345 g/mol. The number of nitrogens with two attached hydrogens (primary N) is 1. The lowest BCUT2D eigenvalue weighted by atomic mass is 10.0. The summed E-state index contributed by atoms with van der Waals surface area (Å²) in [4.78, 5) is -1.84. The normalized spacial score (nSPS) is 19.4. The van der Waals surface area contributed by atoms with E-state index in [0.29, 0.717) is 6.54 Å². The second kappa shape index (κ2) is 6.47. The van der Waals surface area contributed by atoms with E-state index in [2.05, 4.69) is 0 Å². The van der Waals surface area contributed by atoms with Crippen LogP contribution in [0.5, 0.6) is 0 Å². The summed E-state index contributed by atoms with van der Waals surface area (Å²) in [5, 5.41) is 1.96. The molecular weight excluding hydrogens is 331 g/mol. The minimum Gasteiger partial charge on any atom is -0.346 e. The Morgan fingerprint density at radius 3 is 2.05 bits per heavy atom. The van der Waals surface area contributed by atoms with Gasteiger partial charge in [-0.05, 0) is 12.8 Å². The van der Waals surface area contributed by atoms with Crippen LogP contribution in [0.2, 0.25) is 0 Å². The Kier molecular flexibility index (Phi) is 5.03. The highest BCUT2D eigenvalue weighted by atomic mass is 32.2. The van der Waals surface area contributed by atoms with E-state index in [1.165, 1.54) is 0 Å². The van der Waals surface area contributed by atoms with Crippen LogP contribution in [0.1, 0.15) is 12.8 Å². The zero-order valence-corrected chi connectivity index (χ0v) is 12.1. The maximum Gasteiger partial charge on any atom is 0.246 e. The third-order valence-corrected chi connectivity index (χ3v) is 4.96. The van der Waals surface area contributed by atoms with Crippen LogP contribution in [0.15, 0.2) is 4.90 Å². The Bertz CT molecular complexity index is 646. The summed E-state index contributed by atoms with van der Waals surface area (Å²) >= 11 is 0. The Labute approximate surface area is 123 Å². The molecule has 1 heterocycles. The smallest absolute Gasteiger partial charge is 0.246 e. The highest BCUT2D eigenvalue weighted by Crippen LogP contribution is 2.26. The second-order valence-corrected chi connectivity index (χ2v) is 6.78. The number of rotatable bonds is 4. The highest BCUT2D eigenvalue weighted by Gasteiger charge is 2.33. The first kappa shape index (κ1) is 17.1. The van der Waals surface area contributed by atoms with Gasteiger partial charge < -0.3 is 5.32 Å². The maximum absolute atomic E-state index is 13.5. The fraction of sp³-hybridized carbons (Fsp3) is 0.500. The predicted molar refractivity (Wildman–Crippen MR) is 65.8 cm³/mol. The molecule has 1 fully saturated rings. The van der Waals surface area contributed by atoms with Crippen molar-refractivity contribution >= 4 is 10.0 Å². The molecule has 1 aliphatic heterocycles. The van der Waals surface area contributed by atoms with Crippen molar-refractivity contribution in [2.24, 2.45) is 5.92 Å². The highest BCUT2D eigenvalue weighted by molar-refractivity contribution is 7.89. The van der Waals surface area contributed by atoms with E-state index in [-0.39, 0.29) is 12.5 Å². The Morgan fingerprint density at radius 2 is 1.55 bits per heavy atom. The van der Waals surface area contributed by atoms with Gasteiger partial charge in [0.1, 0.15) is 0 Å². The van der Waals surface area contributed by atoms with Gasteiger partial charge >= 0.3 is 0 Å². The predicted octanol–water partition coefficient (Wildman–Crippen LogP) is 0.634.